The number of hydrogen-bond acceptors (Lipinski definition) is 6. The number of rotatable bonds is 12. The molecule has 0 radical (unpaired) electrons. The van der Waals surface area contributed by atoms with Crippen molar-refractivity contribution in [3.63, 3.8) is 0 Å². The van der Waals surface area contributed by atoms with E-state index in [0.29, 0.717) is 41.3 Å². The lowest BCUT2D eigenvalue weighted by atomic mass is 9.82. The second-order valence-corrected chi connectivity index (χ2v) is 9.14. The first-order valence-electron chi connectivity index (χ1n) is 12.5. The van der Waals surface area contributed by atoms with Crippen molar-refractivity contribution >= 4 is 5.97 Å². The number of ether oxygens (including phenoxy) is 3. The van der Waals surface area contributed by atoms with Crippen LogP contribution in [0.1, 0.15) is 35.4 Å². The molecular weight excluding hydrogens is 480 g/mol. The van der Waals surface area contributed by atoms with Crippen LogP contribution in [0.2, 0.25) is 0 Å². The van der Waals surface area contributed by atoms with Crippen molar-refractivity contribution in [3.05, 3.63) is 114 Å². The summed E-state index contributed by atoms with van der Waals surface area (Å²) in [6.45, 7) is 3.63. The van der Waals surface area contributed by atoms with Crippen molar-refractivity contribution in [2.24, 2.45) is 0 Å². The predicted octanol–water partition coefficient (Wildman–Crippen LogP) is 5.93. The third-order valence-corrected chi connectivity index (χ3v) is 6.31. The van der Waals surface area contributed by atoms with E-state index >= 15 is 0 Å². The SMILES string of the molecule is COc1ccc(OC(CCCc2ccccc2)(c2ccccc2)C(Oc2nc(C)cc(C)n2)C(=O)O)cc1. The van der Waals surface area contributed by atoms with Gasteiger partial charge in [-0.15, -0.1) is 0 Å². The van der Waals surface area contributed by atoms with E-state index in [1.807, 2.05) is 62.4 Å². The maximum atomic E-state index is 12.9. The minimum atomic E-state index is -1.44. The maximum absolute atomic E-state index is 12.9. The van der Waals surface area contributed by atoms with Gasteiger partial charge in [0.1, 0.15) is 11.5 Å². The number of methoxy groups -OCH3 is 1. The van der Waals surface area contributed by atoms with Crippen LogP contribution in [0.4, 0.5) is 0 Å². The molecule has 4 aromatic rings. The quantitative estimate of drug-likeness (QED) is 0.251. The van der Waals surface area contributed by atoms with Gasteiger partial charge in [0.05, 0.1) is 7.11 Å². The van der Waals surface area contributed by atoms with Gasteiger partial charge in [-0.1, -0.05) is 60.7 Å². The molecule has 0 aliphatic heterocycles. The summed E-state index contributed by atoms with van der Waals surface area (Å²) in [7, 11) is 1.59. The van der Waals surface area contributed by atoms with Crippen molar-refractivity contribution in [2.45, 2.75) is 44.8 Å². The van der Waals surface area contributed by atoms with Gasteiger partial charge in [-0.05, 0) is 74.6 Å². The molecule has 2 unspecified atom stereocenters. The lowest BCUT2D eigenvalue weighted by Gasteiger charge is -2.39. The smallest absolute Gasteiger partial charge is 0.349 e. The molecule has 0 amide bonds. The molecule has 0 aliphatic rings. The van der Waals surface area contributed by atoms with E-state index in [4.69, 9.17) is 14.2 Å². The molecule has 2 atom stereocenters. The molecule has 1 aromatic heterocycles. The lowest BCUT2D eigenvalue weighted by Crippen LogP contribution is -2.52. The number of aromatic nitrogens is 2. The normalized spacial score (nSPS) is 13.2. The van der Waals surface area contributed by atoms with Gasteiger partial charge in [-0.2, -0.15) is 0 Å². The highest BCUT2D eigenvalue weighted by Gasteiger charge is 2.49. The van der Waals surface area contributed by atoms with Crippen LogP contribution < -0.4 is 14.2 Å². The third-order valence-electron chi connectivity index (χ3n) is 6.31. The highest BCUT2D eigenvalue weighted by molar-refractivity contribution is 5.75. The van der Waals surface area contributed by atoms with Crippen LogP contribution in [0.5, 0.6) is 17.5 Å². The van der Waals surface area contributed by atoms with Gasteiger partial charge in [-0.3, -0.25) is 0 Å². The van der Waals surface area contributed by atoms with Crippen molar-refractivity contribution in [1.82, 2.24) is 9.97 Å². The van der Waals surface area contributed by atoms with Crippen molar-refractivity contribution < 1.29 is 24.1 Å². The van der Waals surface area contributed by atoms with E-state index in [1.165, 1.54) is 0 Å². The summed E-state index contributed by atoms with van der Waals surface area (Å²) in [6.07, 6.45) is 0.313. The highest BCUT2D eigenvalue weighted by atomic mass is 16.6. The summed E-state index contributed by atoms with van der Waals surface area (Å²) < 4.78 is 18.1. The fourth-order valence-corrected chi connectivity index (χ4v) is 4.56. The van der Waals surface area contributed by atoms with Gasteiger partial charge >= 0.3 is 12.0 Å². The van der Waals surface area contributed by atoms with Gasteiger partial charge in [0, 0.05) is 11.4 Å². The largest absolute Gasteiger partial charge is 0.497 e. The number of carboxylic acid groups (broad SMARTS) is 1. The lowest BCUT2D eigenvalue weighted by molar-refractivity contribution is -0.159. The predicted molar refractivity (Wildman–Crippen MR) is 145 cm³/mol. The Morgan fingerprint density at radius 1 is 0.868 bits per heavy atom. The van der Waals surface area contributed by atoms with Crippen LogP contribution >= 0.6 is 0 Å². The molecule has 38 heavy (non-hydrogen) atoms. The van der Waals surface area contributed by atoms with Crippen LogP contribution in [0, 0.1) is 13.8 Å². The first-order chi connectivity index (χ1) is 18.4. The Bertz CT molecular complexity index is 1310. The number of carboxylic acids is 1. The molecule has 7 nitrogen and oxygen atoms in total. The molecule has 196 valence electrons. The van der Waals surface area contributed by atoms with Crippen LogP contribution in [0.3, 0.4) is 0 Å². The number of aryl methyl sites for hydroxylation is 3. The zero-order valence-electron chi connectivity index (χ0n) is 21.8. The van der Waals surface area contributed by atoms with Crippen molar-refractivity contribution in [2.75, 3.05) is 7.11 Å². The van der Waals surface area contributed by atoms with Gasteiger partial charge in [0.2, 0.25) is 6.10 Å². The van der Waals surface area contributed by atoms with E-state index in [1.54, 1.807) is 37.4 Å². The van der Waals surface area contributed by atoms with Crippen molar-refractivity contribution in [3.8, 4) is 17.5 Å². The second-order valence-electron chi connectivity index (χ2n) is 9.14. The Morgan fingerprint density at radius 2 is 1.45 bits per heavy atom. The van der Waals surface area contributed by atoms with E-state index in [2.05, 4.69) is 22.1 Å². The van der Waals surface area contributed by atoms with E-state index in [0.717, 1.165) is 12.0 Å². The summed E-state index contributed by atoms with van der Waals surface area (Å²) in [5, 5.41) is 10.6. The molecule has 1 N–H and O–H groups in total. The zero-order valence-corrected chi connectivity index (χ0v) is 21.8. The van der Waals surface area contributed by atoms with Crippen LogP contribution in [-0.4, -0.2) is 34.3 Å². The molecule has 0 saturated heterocycles. The molecular formula is C31H32N2O5. The topological polar surface area (TPSA) is 90.8 Å². The first-order valence-corrected chi connectivity index (χ1v) is 12.5. The van der Waals surface area contributed by atoms with Crippen molar-refractivity contribution in [1.29, 1.82) is 0 Å². The Hall–Kier alpha value is -4.39. The Labute approximate surface area is 223 Å². The Kier molecular flexibility index (Phi) is 8.58. The summed E-state index contributed by atoms with van der Waals surface area (Å²) in [5.41, 5.74) is 1.81. The van der Waals surface area contributed by atoms with Crippen LogP contribution in [0.15, 0.2) is 91.0 Å². The summed E-state index contributed by atoms with van der Waals surface area (Å²) in [6, 6.07) is 28.3. The van der Waals surface area contributed by atoms with E-state index in [9.17, 15) is 9.90 Å². The summed E-state index contributed by atoms with van der Waals surface area (Å²) >= 11 is 0. The Morgan fingerprint density at radius 3 is 2.03 bits per heavy atom. The number of nitrogens with zero attached hydrogens (tertiary/aromatic N) is 2. The zero-order chi connectivity index (χ0) is 27.0. The fraction of sp³-hybridized carbons (Fsp3) is 0.258. The molecule has 0 bridgehead atoms. The maximum Gasteiger partial charge on any atom is 0.349 e. The average Bonchev–Trinajstić information content (AvgIpc) is 2.92. The van der Waals surface area contributed by atoms with Gasteiger partial charge in [0.25, 0.3) is 0 Å². The Balaban J connectivity index is 1.80. The molecule has 1 heterocycles. The van der Waals surface area contributed by atoms with Gasteiger partial charge < -0.3 is 19.3 Å². The average molecular weight is 513 g/mol. The molecule has 0 fully saturated rings. The number of hydrogen-bond donors (Lipinski definition) is 1. The second kappa shape index (κ2) is 12.2. The third kappa shape index (κ3) is 6.48. The summed E-state index contributed by atoms with van der Waals surface area (Å²) in [4.78, 5) is 21.6. The van der Waals surface area contributed by atoms with E-state index in [-0.39, 0.29) is 6.01 Å². The number of benzene rings is 3. The van der Waals surface area contributed by atoms with Crippen LogP contribution in [0.25, 0.3) is 0 Å². The first kappa shape index (κ1) is 26.7. The molecule has 0 saturated carbocycles. The number of carbonyl (C=O) groups is 1. The van der Waals surface area contributed by atoms with Crippen LogP contribution in [-0.2, 0) is 16.8 Å². The fourth-order valence-electron chi connectivity index (χ4n) is 4.56. The number of aliphatic carboxylic acids is 1. The monoisotopic (exact) mass is 512 g/mol. The molecule has 0 aliphatic carbocycles. The van der Waals surface area contributed by atoms with E-state index < -0.39 is 17.7 Å². The standard InChI is InChI=1S/C31H32N2O5/c1-22-21-23(2)33-30(32-22)37-28(29(34)35)31(25-14-8-5-9-15-25,20-10-13-24-11-6-4-7-12-24)38-27-18-16-26(36-3)17-19-27/h4-9,11-12,14-19,21,28H,10,13,20H2,1-3H3,(H,34,35). The molecule has 0 spiro atoms. The molecule has 4 rings (SSSR count). The molecule has 7 heteroatoms. The van der Waals surface area contributed by atoms with Gasteiger partial charge in [-0.25, -0.2) is 14.8 Å². The summed E-state index contributed by atoms with van der Waals surface area (Å²) in [5.74, 6) is -0.0169. The minimum absolute atomic E-state index is 0.00315. The minimum Gasteiger partial charge on any atom is -0.497 e. The molecule has 3 aromatic carbocycles. The van der Waals surface area contributed by atoms with Gasteiger partial charge in [0.15, 0.2) is 5.60 Å². The highest BCUT2D eigenvalue weighted by Crippen LogP contribution is 2.39.